The van der Waals surface area contributed by atoms with Crippen molar-refractivity contribution in [2.24, 2.45) is 0 Å². The fourth-order valence-corrected chi connectivity index (χ4v) is 10.9. The van der Waals surface area contributed by atoms with E-state index in [4.69, 9.17) is 37.0 Å². The van der Waals surface area contributed by atoms with Crippen LogP contribution in [0.5, 0.6) is 0 Å². The molecule has 0 radical (unpaired) electrons. The predicted octanol–water partition coefficient (Wildman–Crippen LogP) is 17.2. The van der Waals surface area contributed by atoms with Crippen molar-refractivity contribution in [3.63, 3.8) is 0 Å². The van der Waals surface area contributed by atoms with Gasteiger partial charge in [-0.2, -0.15) is 0 Å². The van der Waals surface area contributed by atoms with E-state index in [0.717, 1.165) is 96.3 Å². The molecule has 0 aliphatic carbocycles. The first-order valence-corrected chi connectivity index (χ1v) is 35.8. The van der Waals surface area contributed by atoms with Crippen LogP contribution in [-0.2, 0) is 65.4 Å². The van der Waals surface area contributed by atoms with E-state index in [0.29, 0.717) is 25.7 Å². The van der Waals surface area contributed by atoms with Crippen LogP contribution in [0.25, 0.3) is 0 Å². The van der Waals surface area contributed by atoms with Gasteiger partial charge in [-0.25, -0.2) is 9.13 Å². The van der Waals surface area contributed by atoms with E-state index in [1.807, 2.05) is 0 Å². The first-order valence-electron chi connectivity index (χ1n) is 32.8. The summed E-state index contributed by atoms with van der Waals surface area (Å²) in [6.45, 7) is 4.78. The molecule has 0 aliphatic rings. The van der Waals surface area contributed by atoms with Crippen LogP contribution >= 0.6 is 15.6 Å². The Morgan fingerprint density at radius 1 is 0.296 bits per heavy atom. The number of esters is 4. The van der Waals surface area contributed by atoms with Gasteiger partial charge in [0, 0.05) is 25.7 Å². The molecule has 0 aromatic rings. The second kappa shape index (κ2) is 57.2. The highest BCUT2D eigenvalue weighted by molar-refractivity contribution is 7.47. The second-order valence-corrected chi connectivity index (χ2v) is 25.4. The zero-order valence-corrected chi connectivity index (χ0v) is 53.5. The Balaban J connectivity index is 5.16. The van der Waals surface area contributed by atoms with Gasteiger partial charge in [-0.1, -0.05) is 265 Å². The fraction of sp³-hybridized carbons (Fsp3) is 0.935. The molecule has 0 heterocycles. The molecule has 0 saturated heterocycles. The van der Waals surface area contributed by atoms with E-state index in [9.17, 15) is 43.2 Å². The van der Waals surface area contributed by atoms with Crippen molar-refractivity contribution in [1.82, 2.24) is 0 Å². The molecule has 5 atom stereocenters. The lowest BCUT2D eigenvalue weighted by Gasteiger charge is -2.21. The number of carbonyl (C=O) groups excluding carboxylic acids is 4. The van der Waals surface area contributed by atoms with Gasteiger partial charge in [0.05, 0.1) is 26.4 Å². The van der Waals surface area contributed by atoms with Crippen molar-refractivity contribution < 1.29 is 80.2 Å². The zero-order chi connectivity index (χ0) is 59.8. The summed E-state index contributed by atoms with van der Waals surface area (Å²) in [7, 11) is -9.87. The number of hydrogen-bond donors (Lipinski definition) is 3. The standard InChI is InChI=1S/C62H120O17P2/c1-5-9-13-17-20-23-25-27-28-29-31-34-37-41-45-49-62(67)79-58(53-73-60(65)47-43-39-35-33-30-26-24-21-18-14-10-6-2)55-77-81(70,71)75-51-56(63)50-74-80(68,69)76-54-57(52-72-59(64)46-42-38-16-12-8-4)78-61(66)48-44-40-36-32-22-19-15-11-7-3/h56-58,63H,5-55H2,1-4H3,(H,68,69)(H,70,71)/t56-,57+,58+/m0/s1. The molecular weight excluding hydrogens is 1080 g/mol. The third-order valence-electron chi connectivity index (χ3n) is 14.4. The summed E-state index contributed by atoms with van der Waals surface area (Å²) in [6.07, 6.45) is 42.0. The van der Waals surface area contributed by atoms with Gasteiger partial charge < -0.3 is 33.8 Å². The van der Waals surface area contributed by atoms with E-state index >= 15 is 0 Å². The highest BCUT2D eigenvalue weighted by Gasteiger charge is 2.30. The Morgan fingerprint density at radius 2 is 0.494 bits per heavy atom. The molecule has 3 N–H and O–H groups in total. The number of phosphoric acid groups is 2. The largest absolute Gasteiger partial charge is 0.472 e. The minimum absolute atomic E-state index is 0.105. The normalized spacial score (nSPS) is 14.2. The fourth-order valence-electron chi connectivity index (χ4n) is 9.28. The summed E-state index contributed by atoms with van der Waals surface area (Å²) in [5, 5.41) is 10.5. The van der Waals surface area contributed by atoms with Crippen LogP contribution < -0.4 is 0 Å². The molecule has 2 unspecified atom stereocenters. The van der Waals surface area contributed by atoms with Crippen molar-refractivity contribution in [3.05, 3.63) is 0 Å². The van der Waals surface area contributed by atoms with Crippen molar-refractivity contribution in [1.29, 1.82) is 0 Å². The van der Waals surface area contributed by atoms with Gasteiger partial charge in [0.2, 0.25) is 0 Å². The average Bonchev–Trinajstić information content (AvgIpc) is 3.44. The van der Waals surface area contributed by atoms with Gasteiger partial charge in [-0.3, -0.25) is 37.3 Å². The smallest absolute Gasteiger partial charge is 0.462 e. The monoisotopic (exact) mass is 1200 g/mol. The van der Waals surface area contributed by atoms with Crippen LogP contribution in [0.2, 0.25) is 0 Å². The first kappa shape index (κ1) is 79.1. The third kappa shape index (κ3) is 56.9. The van der Waals surface area contributed by atoms with Crippen molar-refractivity contribution in [2.75, 3.05) is 39.6 Å². The molecule has 19 heteroatoms. The maximum atomic E-state index is 13.0. The Kier molecular flexibility index (Phi) is 55.8. The maximum absolute atomic E-state index is 13.0. The molecular formula is C62H120O17P2. The van der Waals surface area contributed by atoms with Gasteiger partial charge in [-0.05, 0) is 25.7 Å². The van der Waals surface area contributed by atoms with Crippen LogP contribution in [0.3, 0.4) is 0 Å². The molecule has 0 amide bonds. The highest BCUT2D eigenvalue weighted by atomic mass is 31.2. The molecule has 81 heavy (non-hydrogen) atoms. The topological polar surface area (TPSA) is 237 Å². The van der Waals surface area contributed by atoms with Crippen molar-refractivity contribution in [2.45, 2.75) is 335 Å². The molecule has 0 saturated carbocycles. The van der Waals surface area contributed by atoms with Crippen molar-refractivity contribution in [3.8, 4) is 0 Å². The average molecular weight is 1200 g/mol. The number of hydrogen-bond acceptors (Lipinski definition) is 15. The number of ether oxygens (including phenoxy) is 4. The summed E-state index contributed by atoms with van der Waals surface area (Å²) >= 11 is 0. The summed E-state index contributed by atoms with van der Waals surface area (Å²) in [5.74, 6) is -2.14. The van der Waals surface area contributed by atoms with Gasteiger partial charge in [0.1, 0.15) is 19.3 Å². The van der Waals surface area contributed by atoms with E-state index < -0.39 is 97.5 Å². The molecule has 0 fully saturated rings. The summed E-state index contributed by atoms with van der Waals surface area (Å²) in [6, 6.07) is 0. The molecule has 0 aliphatic heterocycles. The van der Waals surface area contributed by atoms with Gasteiger partial charge in [0.25, 0.3) is 0 Å². The first-order chi connectivity index (χ1) is 39.2. The van der Waals surface area contributed by atoms with Crippen LogP contribution in [-0.4, -0.2) is 96.7 Å². The Bertz CT molecular complexity index is 1570. The van der Waals surface area contributed by atoms with Crippen LogP contribution in [0.1, 0.15) is 317 Å². The lowest BCUT2D eigenvalue weighted by molar-refractivity contribution is -0.161. The Morgan fingerprint density at radius 3 is 0.728 bits per heavy atom. The number of unbranched alkanes of at least 4 members (excludes halogenated alkanes) is 37. The van der Waals surface area contributed by atoms with Crippen LogP contribution in [0.15, 0.2) is 0 Å². The van der Waals surface area contributed by atoms with E-state index in [2.05, 4.69) is 27.7 Å². The number of carbonyl (C=O) groups is 4. The van der Waals surface area contributed by atoms with Crippen LogP contribution in [0, 0.1) is 0 Å². The molecule has 0 rings (SSSR count). The maximum Gasteiger partial charge on any atom is 0.472 e. The minimum atomic E-state index is -4.94. The summed E-state index contributed by atoms with van der Waals surface area (Å²) < 4.78 is 67.7. The van der Waals surface area contributed by atoms with E-state index in [-0.39, 0.29) is 25.7 Å². The number of aliphatic hydroxyl groups is 1. The quantitative estimate of drug-likeness (QED) is 0.0222. The molecule has 0 aromatic carbocycles. The second-order valence-electron chi connectivity index (χ2n) is 22.4. The highest BCUT2D eigenvalue weighted by Crippen LogP contribution is 2.45. The van der Waals surface area contributed by atoms with Gasteiger partial charge >= 0.3 is 39.5 Å². The summed E-state index contributed by atoms with van der Waals surface area (Å²) in [5.41, 5.74) is 0. The molecule has 17 nitrogen and oxygen atoms in total. The number of rotatable bonds is 63. The van der Waals surface area contributed by atoms with E-state index in [1.165, 1.54) is 141 Å². The predicted molar refractivity (Wildman–Crippen MR) is 322 cm³/mol. The molecule has 0 spiro atoms. The zero-order valence-electron chi connectivity index (χ0n) is 51.7. The lowest BCUT2D eigenvalue weighted by atomic mass is 10.0. The van der Waals surface area contributed by atoms with Crippen LogP contribution in [0.4, 0.5) is 0 Å². The SMILES string of the molecule is CCCCCCCCCCCCCCCCCC(=O)O[C@H](COC(=O)CCCCCCCCCCCCCC)COP(=O)(O)OC[C@@H](O)COP(=O)(O)OC[C@@H](COC(=O)CCCCCCC)OC(=O)CCCCCCCCCCC. The van der Waals surface area contributed by atoms with Gasteiger partial charge in [-0.15, -0.1) is 0 Å². The van der Waals surface area contributed by atoms with E-state index in [1.54, 1.807) is 0 Å². The number of phosphoric ester groups is 2. The minimum Gasteiger partial charge on any atom is -0.462 e. The Labute approximate surface area is 492 Å². The Hall–Kier alpha value is -1.94. The molecule has 480 valence electrons. The van der Waals surface area contributed by atoms with Gasteiger partial charge in [0.15, 0.2) is 12.2 Å². The number of aliphatic hydroxyl groups excluding tert-OH is 1. The molecule has 0 bridgehead atoms. The summed E-state index contributed by atoms with van der Waals surface area (Å²) in [4.78, 5) is 71.8. The lowest BCUT2D eigenvalue weighted by Crippen LogP contribution is -2.30. The molecule has 0 aromatic heterocycles. The van der Waals surface area contributed by atoms with Crippen molar-refractivity contribution >= 4 is 39.5 Å². The third-order valence-corrected chi connectivity index (χ3v) is 16.3.